The Bertz CT molecular complexity index is 511. The van der Waals surface area contributed by atoms with Crippen LogP contribution in [0.25, 0.3) is 0 Å². The Balaban J connectivity index is 0.00000312. The topological polar surface area (TPSA) is 61.8 Å². The number of ether oxygens (including phenoxy) is 1. The Morgan fingerprint density at radius 1 is 1.44 bits per heavy atom. The molecule has 0 saturated carbocycles. The van der Waals surface area contributed by atoms with E-state index in [-0.39, 0.29) is 24.0 Å². The molecule has 6 nitrogen and oxygen atoms in total. The number of halogens is 1. The Morgan fingerprint density at radius 2 is 2.28 bits per heavy atom. The second-order valence-corrected chi connectivity index (χ2v) is 7.17. The van der Waals surface area contributed by atoms with Gasteiger partial charge in [0.1, 0.15) is 5.01 Å². The van der Waals surface area contributed by atoms with Crippen molar-refractivity contribution in [3.63, 3.8) is 0 Å². The van der Waals surface area contributed by atoms with Crippen LogP contribution >= 0.6 is 35.3 Å². The van der Waals surface area contributed by atoms with Crippen molar-refractivity contribution in [2.24, 2.45) is 4.99 Å². The molecule has 1 aliphatic heterocycles. The summed E-state index contributed by atoms with van der Waals surface area (Å²) in [4.78, 5) is 12.9. The third-order valence-electron chi connectivity index (χ3n) is 4.25. The second kappa shape index (κ2) is 12.8. The normalized spacial score (nSPS) is 18.2. The van der Waals surface area contributed by atoms with Gasteiger partial charge in [-0.05, 0) is 32.7 Å². The van der Waals surface area contributed by atoms with Crippen LogP contribution in [0.3, 0.4) is 0 Å². The molecular weight excluding hydrogens is 449 g/mol. The number of methoxy groups -OCH3 is 1. The first-order chi connectivity index (χ1) is 11.8. The molecule has 2 N–H and O–H groups in total. The number of rotatable bonds is 9. The molecule has 1 unspecified atom stereocenters. The van der Waals surface area contributed by atoms with E-state index in [2.05, 4.69) is 39.4 Å². The van der Waals surface area contributed by atoms with E-state index < -0.39 is 0 Å². The Kier molecular flexibility index (Phi) is 11.6. The molecule has 1 aromatic rings. The molecular formula is C17H32IN5OS. The lowest BCUT2D eigenvalue weighted by atomic mass is 10.2. The number of guanidine groups is 1. The average molecular weight is 481 g/mol. The molecule has 0 radical (unpaired) electrons. The van der Waals surface area contributed by atoms with Gasteiger partial charge in [-0.25, -0.2) is 9.98 Å². The number of hydrogen-bond donors (Lipinski definition) is 2. The summed E-state index contributed by atoms with van der Waals surface area (Å²) >= 11 is 1.75. The van der Waals surface area contributed by atoms with Gasteiger partial charge in [-0.15, -0.1) is 35.3 Å². The number of hydrogen-bond acceptors (Lipinski definition) is 5. The summed E-state index contributed by atoms with van der Waals surface area (Å²) in [6.45, 7) is 9.65. The number of thiazole rings is 1. The van der Waals surface area contributed by atoms with Crippen molar-refractivity contribution in [3.05, 3.63) is 16.1 Å². The summed E-state index contributed by atoms with van der Waals surface area (Å²) in [7, 11) is 1.77. The standard InChI is InChI=1S/C17H31N5OS.HI/c1-4-15-12-19-16(24-15)13-21-17(18-5-2)20-11-14-7-6-8-22(14)9-10-23-3;/h12,14H,4-11,13H2,1-3H3,(H2,18,20,21);1H. The van der Waals surface area contributed by atoms with Crippen LogP contribution < -0.4 is 10.6 Å². The summed E-state index contributed by atoms with van der Waals surface area (Å²) in [5.74, 6) is 0.879. The largest absolute Gasteiger partial charge is 0.383 e. The van der Waals surface area contributed by atoms with Gasteiger partial charge in [-0.1, -0.05) is 6.92 Å². The highest BCUT2D eigenvalue weighted by atomic mass is 127. The van der Waals surface area contributed by atoms with Crippen molar-refractivity contribution in [1.29, 1.82) is 0 Å². The summed E-state index contributed by atoms with van der Waals surface area (Å²) in [5.41, 5.74) is 0. The number of aryl methyl sites for hydroxylation is 1. The highest BCUT2D eigenvalue weighted by Gasteiger charge is 2.23. The van der Waals surface area contributed by atoms with Gasteiger partial charge in [-0.3, -0.25) is 4.90 Å². The fourth-order valence-corrected chi connectivity index (χ4v) is 3.70. The van der Waals surface area contributed by atoms with Crippen LogP contribution in [0.15, 0.2) is 11.2 Å². The molecule has 0 spiro atoms. The van der Waals surface area contributed by atoms with Crippen LogP contribution in [-0.2, 0) is 17.7 Å². The van der Waals surface area contributed by atoms with Gasteiger partial charge in [0, 0.05) is 43.9 Å². The first-order valence-electron chi connectivity index (χ1n) is 8.95. The minimum atomic E-state index is 0. The Hall–Kier alpha value is -0.450. The monoisotopic (exact) mass is 481 g/mol. The molecule has 1 saturated heterocycles. The molecule has 0 aliphatic carbocycles. The lowest BCUT2D eigenvalue weighted by Gasteiger charge is -2.25. The second-order valence-electron chi connectivity index (χ2n) is 5.97. The van der Waals surface area contributed by atoms with Crippen LogP contribution in [0.1, 0.15) is 36.6 Å². The smallest absolute Gasteiger partial charge is 0.191 e. The lowest BCUT2D eigenvalue weighted by molar-refractivity contribution is 0.141. The average Bonchev–Trinajstić information content (AvgIpc) is 3.24. The molecule has 8 heteroatoms. The van der Waals surface area contributed by atoms with Crippen molar-refractivity contribution in [2.45, 2.75) is 45.7 Å². The van der Waals surface area contributed by atoms with Gasteiger partial charge in [0.25, 0.3) is 0 Å². The predicted molar refractivity (Wildman–Crippen MR) is 116 cm³/mol. The quantitative estimate of drug-likeness (QED) is 0.323. The molecule has 0 amide bonds. The fourth-order valence-electron chi connectivity index (χ4n) is 2.92. The van der Waals surface area contributed by atoms with Crippen LogP contribution in [0.2, 0.25) is 0 Å². The van der Waals surface area contributed by atoms with Gasteiger partial charge >= 0.3 is 0 Å². The number of nitrogens with one attached hydrogen (secondary N) is 2. The van der Waals surface area contributed by atoms with E-state index in [0.717, 1.165) is 43.6 Å². The van der Waals surface area contributed by atoms with E-state index in [4.69, 9.17) is 4.74 Å². The van der Waals surface area contributed by atoms with Gasteiger partial charge in [0.15, 0.2) is 5.96 Å². The molecule has 1 aromatic heterocycles. The highest BCUT2D eigenvalue weighted by molar-refractivity contribution is 14.0. The van der Waals surface area contributed by atoms with E-state index in [0.29, 0.717) is 12.6 Å². The van der Waals surface area contributed by atoms with Crippen LogP contribution in [-0.4, -0.2) is 61.8 Å². The van der Waals surface area contributed by atoms with Crippen molar-refractivity contribution < 1.29 is 4.74 Å². The molecule has 2 rings (SSSR count). The first kappa shape index (κ1) is 22.6. The molecule has 2 heterocycles. The predicted octanol–water partition coefficient (Wildman–Crippen LogP) is 2.49. The van der Waals surface area contributed by atoms with Crippen molar-refractivity contribution >= 4 is 41.3 Å². The summed E-state index contributed by atoms with van der Waals surface area (Å²) in [5, 5.41) is 7.90. The summed E-state index contributed by atoms with van der Waals surface area (Å²) in [6, 6.07) is 0.565. The Morgan fingerprint density at radius 3 is 2.96 bits per heavy atom. The van der Waals surface area contributed by atoms with Crippen LogP contribution in [0.5, 0.6) is 0 Å². The van der Waals surface area contributed by atoms with E-state index in [1.807, 2.05) is 6.20 Å². The number of nitrogens with zero attached hydrogens (tertiary/aromatic N) is 3. The zero-order chi connectivity index (χ0) is 17.2. The third kappa shape index (κ3) is 7.76. The summed E-state index contributed by atoms with van der Waals surface area (Å²) < 4.78 is 5.21. The Labute approximate surface area is 172 Å². The van der Waals surface area contributed by atoms with Gasteiger partial charge < -0.3 is 15.4 Å². The molecule has 0 aromatic carbocycles. The minimum Gasteiger partial charge on any atom is -0.383 e. The maximum absolute atomic E-state index is 5.21. The third-order valence-corrected chi connectivity index (χ3v) is 5.38. The molecule has 144 valence electrons. The molecule has 1 fully saturated rings. The molecule has 25 heavy (non-hydrogen) atoms. The van der Waals surface area contributed by atoms with Gasteiger partial charge in [0.2, 0.25) is 0 Å². The zero-order valence-corrected chi connectivity index (χ0v) is 18.7. The minimum absolute atomic E-state index is 0. The maximum atomic E-state index is 5.21. The van der Waals surface area contributed by atoms with Gasteiger partial charge in [-0.2, -0.15) is 0 Å². The summed E-state index contributed by atoms with van der Waals surface area (Å²) in [6.07, 6.45) is 5.51. The van der Waals surface area contributed by atoms with Crippen molar-refractivity contribution in [2.75, 3.05) is 39.9 Å². The zero-order valence-electron chi connectivity index (χ0n) is 15.6. The van der Waals surface area contributed by atoms with E-state index in [1.54, 1.807) is 18.4 Å². The van der Waals surface area contributed by atoms with Crippen LogP contribution in [0, 0.1) is 0 Å². The van der Waals surface area contributed by atoms with Crippen molar-refractivity contribution in [3.8, 4) is 0 Å². The number of aliphatic imine (C=N–C) groups is 1. The van der Waals surface area contributed by atoms with E-state index in [1.165, 1.54) is 24.3 Å². The van der Waals surface area contributed by atoms with E-state index >= 15 is 0 Å². The molecule has 1 aliphatic rings. The van der Waals surface area contributed by atoms with E-state index in [9.17, 15) is 0 Å². The number of likely N-dealkylation sites (tertiary alicyclic amines) is 1. The SMILES string of the molecule is CCNC(=NCc1ncc(CC)s1)NCC1CCCN1CCOC.I. The maximum Gasteiger partial charge on any atom is 0.191 e. The van der Waals surface area contributed by atoms with Gasteiger partial charge in [0.05, 0.1) is 13.2 Å². The highest BCUT2D eigenvalue weighted by Crippen LogP contribution is 2.16. The fraction of sp³-hybridized carbons (Fsp3) is 0.765. The first-order valence-corrected chi connectivity index (χ1v) is 9.77. The van der Waals surface area contributed by atoms with Crippen LogP contribution in [0.4, 0.5) is 0 Å². The number of aromatic nitrogens is 1. The lowest BCUT2D eigenvalue weighted by Crippen LogP contribution is -2.45. The molecule has 1 atom stereocenters. The molecule has 0 bridgehead atoms. The van der Waals surface area contributed by atoms with Crippen molar-refractivity contribution in [1.82, 2.24) is 20.5 Å².